The SMILES string of the molecule is COC(=O)CCNCC(C)(C)c1cccc(OC)c1. The average molecular weight is 265 g/mol. The summed E-state index contributed by atoms with van der Waals surface area (Å²) in [5, 5.41) is 3.29. The summed E-state index contributed by atoms with van der Waals surface area (Å²) in [6.45, 7) is 5.73. The van der Waals surface area contributed by atoms with Crippen LogP contribution in [0.1, 0.15) is 25.8 Å². The molecule has 0 aromatic heterocycles. The molecule has 0 bridgehead atoms. The van der Waals surface area contributed by atoms with E-state index in [0.717, 1.165) is 12.3 Å². The van der Waals surface area contributed by atoms with Crippen molar-refractivity contribution in [3.05, 3.63) is 29.8 Å². The van der Waals surface area contributed by atoms with Crippen LogP contribution in [0.5, 0.6) is 5.75 Å². The molecule has 1 aromatic rings. The minimum atomic E-state index is -0.188. The molecule has 4 nitrogen and oxygen atoms in total. The molecule has 19 heavy (non-hydrogen) atoms. The molecule has 0 aliphatic carbocycles. The van der Waals surface area contributed by atoms with Crippen molar-refractivity contribution in [3.63, 3.8) is 0 Å². The van der Waals surface area contributed by atoms with Crippen LogP contribution in [0.4, 0.5) is 0 Å². The Morgan fingerprint density at radius 3 is 2.68 bits per heavy atom. The highest BCUT2D eigenvalue weighted by molar-refractivity contribution is 5.69. The predicted molar refractivity (Wildman–Crippen MR) is 75.5 cm³/mol. The van der Waals surface area contributed by atoms with Crippen LogP contribution in [0, 0.1) is 0 Å². The van der Waals surface area contributed by atoms with Gasteiger partial charge in [0, 0.05) is 18.5 Å². The lowest BCUT2D eigenvalue weighted by molar-refractivity contribution is -0.140. The molecule has 0 aliphatic rings. The number of esters is 1. The van der Waals surface area contributed by atoms with E-state index in [4.69, 9.17) is 4.74 Å². The summed E-state index contributed by atoms with van der Waals surface area (Å²) in [5.41, 5.74) is 1.18. The van der Waals surface area contributed by atoms with E-state index in [1.807, 2.05) is 18.2 Å². The molecular weight excluding hydrogens is 242 g/mol. The minimum Gasteiger partial charge on any atom is -0.497 e. The summed E-state index contributed by atoms with van der Waals surface area (Å²) >= 11 is 0. The average Bonchev–Trinajstić information content (AvgIpc) is 2.43. The Hall–Kier alpha value is -1.55. The third-order valence-electron chi connectivity index (χ3n) is 3.15. The van der Waals surface area contributed by atoms with Gasteiger partial charge in [0.1, 0.15) is 5.75 Å². The Bertz CT molecular complexity index is 416. The molecule has 1 aromatic carbocycles. The zero-order chi connectivity index (χ0) is 14.3. The van der Waals surface area contributed by atoms with Gasteiger partial charge in [-0.1, -0.05) is 26.0 Å². The van der Waals surface area contributed by atoms with Gasteiger partial charge in [0.05, 0.1) is 20.6 Å². The van der Waals surface area contributed by atoms with Gasteiger partial charge < -0.3 is 14.8 Å². The van der Waals surface area contributed by atoms with Gasteiger partial charge in [-0.3, -0.25) is 4.79 Å². The van der Waals surface area contributed by atoms with Gasteiger partial charge in [-0.2, -0.15) is 0 Å². The molecule has 0 unspecified atom stereocenters. The van der Waals surface area contributed by atoms with Gasteiger partial charge >= 0.3 is 5.97 Å². The van der Waals surface area contributed by atoms with Crippen molar-refractivity contribution >= 4 is 5.97 Å². The third-order valence-corrected chi connectivity index (χ3v) is 3.15. The molecule has 0 aliphatic heterocycles. The van der Waals surface area contributed by atoms with Crippen molar-refractivity contribution in [1.29, 1.82) is 0 Å². The fourth-order valence-corrected chi connectivity index (χ4v) is 1.84. The van der Waals surface area contributed by atoms with Crippen molar-refractivity contribution in [2.45, 2.75) is 25.7 Å². The maximum absolute atomic E-state index is 11.0. The van der Waals surface area contributed by atoms with Crippen LogP contribution in [0.15, 0.2) is 24.3 Å². The Kier molecular flexibility index (Phi) is 5.83. The van der Waals surface area contributed by atoms with Crippen LogP contribution >= 0.6 is 0 Å². The lowest BCUT2D eigenvalue weighted by Crippen LogP contribution is -2.34. The summed E-state index contributed by atoms with van der Waals surface area (Å²) in [4.78, 5) is 11.0. The van der Waals surface area contributed by atoms with Crippen LogP contribution in [0.25, 0.3) is 0 Å². The van der Waals surface area contributed by atoms with Crippen molar-refractivity contribution < 1.29 is 14.3 Å². The number of nitrogens with one attached hydrogen (secondary N) is 1. The monoisotopic (exact) mass is 265 g/mol. The van der Waals surface area contributed by atoms with Crippen molar-refractivity contribution in [2.24, 2.45) is 0 Å². The lowest BCUT2D eigenvalue weighted by atomic mass is 9.84. The summed E-state index contributed by atoms with van der Waals surface area (Å²) in [5.74, 6) is 0.673. The molecule has 0 fully saturated rings. The van der Waals surface area contributed by atoms with Gasteiger partial charge in [-0.05, 0) is 17.7 Å². The van der Waals surface area contributed by atoms with Gasteiger partial charge in [0.25, 0.3) is 0 Å². The topological polar surface area (TPSA) is 47.6 Å². The van der Waals surface area contributed by atoms with Gasteiger partial charge in [-0.15, -0.1) is 0 Å². The van der Waals surface area contributed by atoms with Crippen LogP contribution in [0.2, 0.25) is 0 Å². The number of hydrogen-bond donors (Lipinski definition) is 1. The van der Waals surface area contributed by atoms with Crippen LogP contribution in [-0.2, 0) is 14.9 Å². The number of hydrogen-bond acceptors (Lipinski definition) is 4. The lowest BCUT2D eigenvalue weighted by Gasteiger charge is -2.26. The molecule has 0 saturated heterocycles. The van der Waals surface area contributed by atoms with E-state index in [9.17, 15) is 4.79 Å². The number of benzene rings is 1. The number of methoxy groups -OCH3 is 2. The Morgan fingerprint density at radius 2 is 2.05 bits per heavy atom. The number of rotatable bonds is 7. The first-order valence-corrected chi connectivity index (χ1v) is 6.41. The van der Waals surface area contributed by atoms with Crippen molar-refractivity contribution in [1.82, 2.24) is 5.32 Å². The van der Waals surface area contributed by atoms with Crippen molar-refractivity contribution in [3.8, 4) is 5.75 Å². The molecule has 4 heteroatoms. The minimum absolute atomic E-state index is 0.0232. The Balaban J connectivity index is 2.52. The highest BCUT2D eigenvalue weighted by atomic mass is 16.5. The van der Waals surface area contributed by atoms with E-state index in [2.05, 4.69) is 30.0 Å². The smallest absolute Gasteiger partial charge is 0.306 e. The number of ether oxygens (including phenoxy) is 2. The molecule has 0 heterocycles. The van der Waals surface area contributed by atoms with E-state index in [-0.39, 0.29) is 11.4 Å². The summed E-state index contributed by atoms with van der Waals surface area (Å²) < 4.78 is 9.84. The van der Waals surface area contributed by atoms with Crippen LogP contribution < -0.4 is 10.1 Å². The normalized spacial score (nSPS) is 11.2. The highest BCUT2D eigenvalue weighted by Gasteiger charge is 2.20. The maximum Gasteiger partial charge on any atom is 0.306 e. The summed E-state index contributed by atoms with van der Waals surface area (Å²) in [6, 6.07) is 8.06. The molecule has 0 saturated carbocycles. The maximum atomic E-state index is 11.0. The zero-order valence-electron chi connectivity index (χ0n) is 12.2. The number of carbonyl (C=O) groups is 1. The summed E-state index contributed by atoms with van der Waals surface area (Å²) in [6.07, 6.45) is 0.394. The molecule has 0 radical (unpaired) electrons. The summed E-state index contributed by atoms with van der Waals surface area (Å²) in [7, 11) is 3.07. The Morgan fingerprint density at radius 1 is 1.32 bits per heavy atom. The molecule has 1 rings (SSSR count). The molecule has 0 spiro atoms. The standard InChI is InChI=1S/C15H23NO3/c1-15(2,11-16-9-8-14(17)19-4)12-6-5-7-13(10-12)18-3/h5-7,10,16H,8-9,11H2,1-4H3. The zero-order valence-corrected chi connectivity index (χ0v) is 12.2. The first-order chi connectivity index (χ1) is 8.99. The first-order valence-electron chi connectivity index (χ1n) is 6.41. The molecule has 0 amide bonds. The van der Waals surface area contributed by atoms with Crippen molar-refractivity contribution in [2.75, 3.05) is 27.3 Å². The second kappa shape index (κ2) is 7.14. The van der Waals surface area contributed by atoms with Gasteiger partial charge in [0.15, 0.2) is 0 Å². The van der Waals surface area contributed by atoms with E-state index in [1.165, 1.54) is 12.7 Å². The fourth-order valence-electron chi connectivity index (χ4n) is 1.84. The molecule has 106 valence electrons. The molecule has 0 atom stereocenters. The second-order valence-corrected chi connectivity index (χ2v) is 5.12. The Labute approximate surface area is 115 Å². The number of carbonyl (C=O) groups excluding carboxylic acids is 1. The molecule has 1 N–H and O–H groups in total. The highest BCUT2D eigenvalue weighted by Crippen LogP contribution is 2.25. The van der Waals surface area contributed by atoms with Crippen LogP contribution in [0.3, 0.4) is 0 Å². The second-order valence-electron chi connectivity index (χ2n) is 5.12. The largest absolute Gasteiger partial charge is 0.497 e. The third kappa shape index (κ3) is 4.91. The quantitative estimate of drug-likeness (QED) is 0.606. The first kappa shape index (κ1) is 15.5. The van der Waals surface area contributed by atoms with E-state index >= 15 is 0 Å². The predicted octanol–water partition coefficient (Wildman–Crippen LogP) is 2.13. The van der Waals surface area contributed by atoms with E-state index in [0.29, 0.717) is 13.0 Å². The fraction of sp³-hybridized carbons (Fsp3) is 0.533. The van der Waals surface area contributed by atoms with Gasteiger partial charge in [0.2, 0.25) is 0 Å². The van der Waals surface area contributed by atoms with E-state index in [1.54, 1.807) is 7.11 Å². The van der Waals surface area contributed by atoms with E-state index < -0.39 is 0 Å². The van der Waals surface area contributed by atoms with Gasteiger partial charge in [-0.25, -0.2) is 0 Å². The molecular formula is C15H23NO3. The van der Waals surface area contributed by atoms with Crippen LogP contribution in [-0.4, -0.2) is 33.3 Å².